The standard InChI is InChI=1S/C16H21N3OS/c17-14(16(20)19-12-4-3-7-21-10-12)8-11-9-18-15-6-2-1-5-13(11)15/h1-2,5-6,9,12,14,18H,3-4,7-8,10,17H2,(H,19,20)/t12?,14-/m1/s1. The van der Waals surface area contributed by atoms with Crippen LogP contribution in [-0.2, 0) is 11.2 Å². The van der Waals surface area contributed by atoms with E-state index in [9.17, 15) is 4.79 Å². The molecule has 4 nitrogen and oxygen atoms in total. The van der Waals surface area contributed by atoms with Crippen LogP contribution in [0.25, 0.3) is 10.9 Å². The highest BCUT2D eigenvalue weighted by atomic mass is 32.2. The number of rotatable bonds is 4. The summed E-state index contributed by atoms with van der Waals surface area (Å²) in [6, 6.07) is 7.88. The molecular weight excluding hydrogens is 282 g/mol. The summed E-state index contributed by atoms with van der Waals surface area (Å²) in [5, 5.41) is 4.23. The van der Waals surface area contributed by atoms with Crippen molar-refractivity contribution in [3.8, 4) is 0 Å². The van der Waals surface area contributed by atoms with E-state index in [1.807, 2.05) is 36.2 Å². The first-order valence-electron chi connectivity index (χ1n) is 7.43. The van der Waals surface area contributed by atoms with E-state index in [-0.39, 0.29) is 11.9 Å². The second-order valence-corrected chi connectivity index (χ2v) is 6.74. The minimum atomic E-state index is -0.490. The average Bonchev–Trinajstić information content (AvgIpc) is 2.91. The third-order valence-corrected chi connectivity index (χ3v) is 5.17. The zero-order valence-electron chi connectivity index (χ0n) is 12.0. The number of carbonyl (C=O) groups excluding carboxylic acids is 1. The number of nitrogens with two attached hydrogens (primary N) is 1. The summed E-state index contributed by atoms with van der Waals surface area (Å²) in [4.78, 5) is 15.4. The van der Waals surface area contributed by atoms with Gasteiger partial charge in [0.15, 0.2) is 0 Å². The van der Waals surface area contributed by atoms with Gasteiger partial charge in [0.2, 0.25) is 5.91 Å². The molecule has 1 aromatic carbocycles. The summed E-state index contributed by atoms with van der Waals surface area (Å²) in [5.41, 5.74) is 8.27. The van der Waals surface area contributed by atoms with Crippen LogP contribution in [0.4, 0.5) is 0 Å². The molecule has 3 rings (SSSR count). The molecule has 4 N–H and O–H groups in total. The first-order chi connectivity index (χ1) is 10.2. The van der Waals surface area contributed by atoms with Gasteiger partial charge in [-0.2, -0.15) is 11.8 Å². The van der Waals surface area contributed by atoms with Gasteiger partial charge in [0.05, 0.1) is 6.04 Å². The van der Waals surface area contributed by atoms with Crippen molar-refractivity contribution in [1.29, 1.82) is 0 Å². The van der Waals surface area contributed by atoms with E-state index < -0.39 is 6.04 Å². The molecule has 2 atom stereocenters. The van der Waals surface area contributed by atoms with Gasteiger partial charge < -0.3 is 16.0 Å². The highest BCUT2D eigenvalue weighted by molar-refractivity contribution is 7.99. The lowest BCUT2D eigenvalue weighted by Gasteiger charge is -2.24. The number of aromatic amines is 1. The Balaban J connectivity index is 1.62. The molecule has 2 heterocycles. The second kappa shape index (κ2) is 6.54. The van der Waals surface area contributed by atoms with Gasteiger partial charge in [-0.3, -0.25) is 4.79 Å². The summed E-state index contributed by atoms with van der Waals surface area (Å²) >= 11 is 1.90. The van der Waals surface area contributed by atoms with E-state index >= 15 is 0 Å². The minimum absolute atomic E-state index is 0.0345. The predicted molar refractivity (Wildman–Crippen MR) is 88.5 cm³/mol. The number of thioether (sulfide) groups is 1. The summed E-state index contributed by atoms with van der Waals surface area (Å²) in [6.07, 6.45) is 4.76. The van der Waals surface area contributed by atoms with E-state index in [1.54, 1.807) is 0 Å². The highest BCUT2D eigenvalue weighted by Gasteiger charge is 2.21. The molecule has 1 aromatic heterocycles. The first kappa shape index (κ1) is 14.5. The lowest BCUT2D eigenvalue weighted by atomic mass is 10.0. The van der Waals surface area contributed by atoms with Crippen LogP contribution >= 0.6 is 11.8 Å². The normalized spacial score (nSPS) is 20.3. The van der Waals surface area contributed by atoms with Gasteiger partial charge in [-0.05, 0) is 36.6 Å². The second-order valence-electron chi connectivity index (χ2n) is 5.59. The van der Waals surface area contributed by atoms with E-state index in [1.165, 1.54) is 12.2 Å². The molecule has 1 aliphatic rings. The number of fused-ring (bicyclic) bond motifs is 1. The van der Waals surface area contributed by atoms with Crippen molar-refractivity contribution >= 4 is 28.6 Å². The smallest absolute Gasteiger partial charge is 0.237 e. The molecule has 0 aliphatic carbocycles. The average molecular weight is 303 g/mol. The summed E-state index contributed by atoms with van der Waals surface area (Å²) < 4.78 is 0. The molecule has 21 heavy (non-hydrogen) atoms. The SMILES string of the molecule is N[C@H](Cc1c[nH]c2ccccc12)C(=O)NC1CCCSC1. The Morgan fingerprint density at radius 1 is 1.48 bits per heavy atom. The Hall–Kier alpha value is -1.46. The molecule has 0 radical (unpaired) electrons. The van der Waals surface area contributed by atoms with Crippen molar-refractivity contribution in [1.82, 2.24) is 10.3 Å². The molecule has 1 amide bonds. The third-order valence-electron chi connectivity index (χ3n) is 3.96. The van der Waals surface area contributed by atoms with Gasteiger partial charge in [0, 0.05) is 28.9 Å². The minimum Gasteiger partial charge on any atom is -0.361 e. The molecule has 0 spiro atoms. The maximum absolute atomic E-state index is 12.2. The molecule has 0 bridgehead atoms. The van der Waals surface area contributed by atoms with E-state index in [2.05, 4.69) is 16.4 Å². The number of hydrogen-bond donors (Lipinski definition) is 3. The van der Waals surface area contributed by atoms with Gasteiger partial charge in [0.25, 0.3) is 0 Å². The lowest BCUT2D eigenvalue weighted by Crippen LogP contribution is -2.47. The third kappa shape index (κ3) is 3.41. The van der Waals surface area contributed by atoms with Crippen molar-refractivity contribution < 1.29 is 4.79 Å². The fourth-order valence-corrected chi connectivity index (χ4v) is 3.86. The number of carbonyl (C=O) groups is 1. The van der Waals surface area contributed by atoms with Crippen molar-refractivity contribution in [2.24, 2.45) is 5.73 Å². The Kier molecular flexibility index (Phi) is 4.51. The van der Waals surface area contributed by atoms with Crippen LogP contribution in [-0.4, -0.2) is 34.5 Å². The zero-order chi connectivity index (χ0) is 14.7. The number of para-hydroxylation sites is 1. The van der Waals surface area contributed by atoms with Crippen molar-refractivity contribution in [3.63, 3.8) is 0 Å². The quantitative estimate of drug-likeness (QED) is 0.809. The lowest BCUT2D eigenvalue weighted by molar-refractivity contribution is -0.122. The monoisotopic (exact) mass is 303 g/mol. The van der Waals surface area contributed by atoms with Gasteiger partial charge >= 0.3 is 0 Å². The molecule has 2 aromatic rings. The maximum atomic E-state index is 12.2. The van der Waals surface area contributed by atoms with Crippen LogP contribution < -0.4 is 11.1 Å². The van der Waals surface area contributed by atoms with E-state index in [0.717, 1.165) is 28.6 Å². The maximum Gasteiger partial charge on any atom is 0.237 e. The number of H-pyrrole nitrogens is 1. The zero-order valence-corrected chi connectivity index (χ0v) is 12.8. The number of hydrogen-bond acceptors (Lipinski definition) is 3. The summed E-state index contributed by atoms with van der Waals surface area (Å²) in [5.74, 6) is 2.17. The first-order valence-corrected chi connectivity index (χ1v) is 8.58. The van der Waals surface area contributed by atoms with Crippen LogP contribution in [0.5, 0.6) is 0 Å². The molecule has 1 aliphatic heterocycles. The molecular formula is C16H21N3OS. The summed E-state index contributed by atoms with van der Waals surface area (Å²) in [6.45, 7) is 0. The Labute approximate surface area is 128 Å². The van der Waals surface area contributed by atoms with Crippen LogP contribution in [0, 0.1) is 0 Å². The number of nitrogens with one attached hydrogen (secondary N) is 2. The Morgan fingerprint density at radius 3 is 3.14 bits per heavy atom. The topological polar surface area (TPSA) is 70.9 Å². The Bertz CT molecular complexity index is 619. The number of amides is 1. The fourth-order valence-electron chi connectivity index (χ4n) is 2.79. The highest BCUT2D eigenvalue weighted by Crippen LogP contribution is 2.19. The van der Waals surface area contributed by atoms with Crippen molar-refractivity contribution in [3.05, 3.63) is 36.0 Å². The van der Waals surface area contributed by atoms with Crippen LogP contribution in [0.15, 0.2) is 30.5 Å². The molecule has 1 unspecified atom stereocenters. The largest absolute Gasteiger partial charge is 0.361 e. The predicted octanol–water partition coefficient (Wildman–Crippen LogP) is 2.05. The molecule has 112 valence electrons. The number of benzene rings is 1. The number of aromatic nitrogens is 1. The van der Waals surface area contributed by atoms with Gasteiger partial charge in [-0.15, -0.1) is 0 Å². The summed E-state index contributed by atoms with van der Waals surface area (Å²) in [7, 11) is 0. The molecule has 1 saturated heterocycles. The van der Waals surface area contributed by atoms with Crippen LogP contribution in [0.3, 0.4) is 0 Å². The molecule has 5 heteroatoms. The molecule has 0 saturated carbocycles. The van der Waals surface area contributed by atoms with Crippen LogP contribution in [0.2, 0.25) is 0 Å². The van der Waals surface area contributed by atoms with Crippen molar-refractivity contribution in [2.45, 2.75) is 31.3 Å². The van der Waals surface area contributed by atoms with Gasteiger partial charge in [-0.1, -0.05) is 18.2 Å². The molecule has 1 fully saturated rings. The van der Waals surface area contributed by atoms with E-state index in [0.29, 0.717) is 6.42 Å². The van der Waals surface area contributed by atoms with Crippen LogP contribution in [0.1, 0.15) is 18.4 Å². The fraction of sp³-hybridized carbons (Fsp3) is 0.438. The van der Waals surface area contributed by atoms with Gasteiger partial charge in [-0.25, -0.2) is 0 Å². The van der Waals surface area contributed by atoms with Gasteiger partial charge in [0.1, 0.15) is 0 Å². The Morgan fingerprint density at radius 2 is 2.33 bits per heavy atom. The van der Waals surface area contributed by atoms with Crippen molar-refractivity contribution in [2.75, 3.05) is 11.5 Å². The van der Waals surface area contributed by atoms with E-state index in [4.69, 9.17) is 5.73 Å².